The zero-order valence-electron chi connectivity index (χ0n) is 5.90. The molecule has 0 aromatic rings. The third kappa shape index (κ3) is 10.5. The molecule has 42 valence electrons. The van der Waals surface area contributed by atoms with Crippen LogP contribution in [0.15, 0.2) is 12.7 Å². The van der Waals surface area contributed by atoms with Gasteiger partial charge >= 0.3 is 51.4 Å². The van der Waals surface area contributed by atoms with Gasteiger partial charge in [-0.15, -0.1) is 6.58 Å². The third-order valence-corrected chi connectivity index (χ3v) is 1.91. The molecule has 0 atom stereocenters. The molecule has 0 fully saturated rings. The van der Waals surface area contributed by atoms with E-state index in [9.17, 15) is 4.80 Å². The summed E-state index contributed by atoms with van der Waals surface area (Å²) in [7, 11) is -2.03. The molecule has 0 aromatic heterocycles. The molecule has 0 radical (unpaired) electrons. The maximum Gasteiger partial charge on any atom is 1.00 e. The Hall–Kier alpha value is 1.55. The summed E-state index contributed by atoms with van der Waals surface area (Å²) in [4.78, 5) is 10.8. The van der Waals surface area contributed by atoms with Crippen LogP contribution in [0.5, 0.6) is 0 Å². The first-order valence-electron chi connectivity index (χ1n) is 2.37. The zero-order chi connectivity index (χ0) is 5.91. The van der Waals surface area contributed by atoms with Crippen molar-refractivity contribution in [1.29, 1.82) is 0 Å². The van der Waals surface area contributed by atoms with Crippen LogP contribution in [-0.4, -0.2) is 8.32 Å². The fourth-order valence-electron chi connectivity index (χ4n) is 0.348. The molecule has 0 aromatic carbocycles. The molecule has 0 unspecified atom stereocenters. The summed E-state index contributed by atoms with van der Waals surface area (Å²) in [5.74, 6) is 0. The molecule has 0 heterocycles. The first-order chi connectivity index (χ1) is 3.06. The van der Waals surface area contributed by atoms with E-state index in [4.69, 9.17) is 0 Å². The van der Waals surface area contributed by atoms with Crippen molar-refractivity contribution in [3.8, 4) is 0 Å². The minimum absolute atomic E-state index is 0. The normalized spacial score (nSPS) is 9.88. The molecule has 0 aliphatic heterocycles. The molecule has 0 bridgehead atoms. The second kappa shape index (κ2) is 5.35. The monoisotopic (exact) mass is 154 g/mol. The maximum absolute atomic E-state index is 10.8. The Morgan fingerprint density at radius 1 is 1.62 bits per heavy atom. The summed E-state index contributed by atoms with van der Waals surface area (Å²) in [6, 6.07) is 0.688. The standard InChI is InChI=1S/C5H11OSi.K/c1-4-5-7(2,3)6;/h4H,1,5H2,2-3H3;/q-1;+1. The molecule has 0 saturated heterocycles. The van der Waals surface area contributed by atoms with Gasteiger partial charge in [0, 0.05) is 0 Å². The number of hydrogen-bond donors (Lipinski definition) is 0. The summed E-state index contributed by atoms with van der Waals surface area (Å²) < 4.78 is 0. The summed E-state index contributed by atoms with van der Waals surface area (Å²) in [5, 5.41) is 0. The fraction of sp³-hybridized carbons (Fsp3) is 0.600. The van der Waals surface area contributed by atoms with Crippen molar-refractivity contribution in [2.45, 2.75) is 19.1 Å². The van der Waals surface area contributed by atoms with Gasteiger partial charge < -0.3 is 4.80 Å². The largest absolute Gasteiger partial charge is 1.00 e. The Bertz CT molecular complexity index is 67.3. The number of rotatable bonds is 2. The Labute approximate surface area is 94.7 Å². The van der Waals surface area contributed by atoms with Crippen molar-refractivity contribution in [3.05, 3.63) is 12.7 Å². The average Bonchev–Trinajstić information content (AvgIpc) is 1.30. The van der Waals surface area contributed by atoms with Crippen LogP contribution in [0, 0.1) is 0 Å². The topological polar surface area (TPSA) is 23.1 Å². The molecule has 0 aliphatic carbocycles. The second-order valence-electron chi connectivity index (χ2n) is 2.25. The SMILES string of the molecule is C=CC[Si](C)(C)[O-].[K+]. The van der Waals surface area contributed by atoms with Gasteiger partial charge in [0.15, 0.2) is 0 Å². The van der Waals surface area contributed by atoms with Crippen molar-refractivity contribution < 1.29 is 56.2 Å². The maximum atomic E-state index is 10.8. The average molecular weight is 154 g/mol. The van der Waals surface area contributed by atoms with Crippen molar-refractivity contribution >= 4 is 8.32 Å². The van der Waals surface area contributed by atoms with Gasteiger partial charge in [-0.1, -0.05) is 25.2 Å². The smallest absolute Gasteiger partial charge is 0.858 e. The van der Waals surface area contributed by atoms with E-state index >= 15 is 0 Å². The van der Waals surface area contributed by atoms with Gasteiger partial charge in [-0.3, -0.25) is 0 Å². The predicted octanol–water partition coefficient (Wildman–Crippen LogP) is -2.26. The van der Waals surface area contributed by atoms with E-state index in [-0.39, 0.29) is 51.4 Å². The van der Waals surface area contributed by atoms with Gasteiger partial charge in [0.05, 0.1) is 0 Å². The molecule has 0 saturated carbocycles. The van der Waals surface area contributed by atoms with E-state index in [0.29, 0.717) is 6.04 Å². The van der Waals surface area contributed by atoms with Crippen molar-refractivity contribution in [3.63, 3.8) is 0 Å². The number of allylic oxidation sites excluding steroid dienone is 1. The van der Waals surface area contributed by atoms with E-state index in [1.54, 1.807) is 19.2 Å². The van der Waals surface area contributed by atoms with Crippen LogP contribution >= 0.6 is 0 Å². The molecule has 1 nitrogen and oxygen atoms in total. The van der Waals surface area contributed by atoms with Gasteiger partial charge in [-0.25, -0.2) is 0 Å². The van der Waals surface area contributed by atoms with Crippen molar-refractivity contribution in [1.82, 2.24) is 0 Å². The van der Waals surface area contributed by atoms with E-state index < -0.39 is 8.32 Å². The zero-order valence-corrected chi connectivity index (χ0v) is 10.0. The Kier molecular flexibility index (Phi) is 8.19. The molecule has 0 spiro atoms. The predicted molar refractivity (Wildman–Crippen MR) is 32.5 cm³/mol. The Balaban J connectivity index is 0. The van der Waals surface area contributed by atoms with Gasteiger partial charge in [-0.2, -0.15) is 0 Å². The van der Waals surface area contributed by atoms with Crippen LogP contribution in [-0.2, 0) is 0 Å². The molecule has 8 heavy (non-hydrogen) atoms. The molecule has 0 amide bonds. The first kappa shape index (κ1) is 12.3. The van der Waals surface area contributed by atoms with Gasteiger partial charge in [0.1, 0.15) is 0 Å². The Morgan fingerprint density at radius 2 is 2.00 bits per heavy atom. The molecule has 0 N–H and O–H groups in total. The molecular formula is C5H11KOSi. The summed E-state index contributed by atoms with van der Waals surface area (Å²) in [6.45, 7) is 7.05. The molecule has 0 aliphatic rings. The number of hydrogen-bond acceptors (Lipinski definition) is 1. The van der Waals surface area contributed by atoms with Crippen LogP contribution in [0.2, 0.25) is 19.1 Å². The second-order valence-corrected chi connectivity index (χ2v) is 6.18. The molecular weight excluding hydrogens is 143 g/mol. The minimum Gasteiger partial charge on any atom is -0.858 e. The van der Waals surface area contributed by atoms with Gasteiger partial charge in [-0.05, 0) is 8.32 Å². The fourth-order valence-corrected chi connectivity index (χ4v) is 1.04. The molecule has 3 heteroatoms. The van der Waals surface area contributed by atoms with E-state index in [1.807, 2.05) is 0 Å². The van der Waals surface area contributed by atoms with Crippen LogP contribution in [0.3, 0.4) is 0 Å². The van der Waals surface area contributed by atoms with Crippen LogP contribution < -0.4 is 56.2 Å². The van der Waals surface area contributed by atoms with Gasteiger partial charge in [0.2, 0.25) is 0 Å². The summed E-state index contributed by atoms with van der Waals surface area (Å²) in [6.07, 6.45) is 1.71. The van der Waals surface area contributed by atoms with Crippen LogP contribution in [0.1, 0.15) is 0 Å². The van der Waals surface area contributed by atoms with Gasteiger partial charge in [0.25, 0.3) is 0 Å². The molecule has 0 rings (SSSR count). The minimum atomic E-state index is -2.03. The Morgan fingerprint density at radius 3 is 2.00 bits per heavy atom. The van der Waals surface area contributed by atoms with Crippen molar-refractivity contribution in [2.75, 3.05) is 0 Å². The quantitative estimate of drug-likeness (QED) is 0.325. The van der Waals surface area contributed by atoms with Crippen molar-refractivity contribution in [2.24, 2.45) is 0 Å². The third-order valence-electron chi connectivity index (χ3n) is 0.636. The van der Waals surface area contributed by atoms with E-state index in [1.165, 1.54) is 0 Å². The summed E-state index contributed by atoms with van der Waals surface area (Å²) >= 11 is 0. The van der Waals surface area contributed by atoms with E-state index in [2.05, 4.69) is 6.58 Å². The van der Waals surface area contributed by atoms with Crippen LogP contribution in [0.4, 0.5) is 0 Å². The summed E-state index contributed by atoms with van der Waals surface area (Å²) in [5.41, 5.74) is 0. The van der Waals surface area contributed by atoms with E-state index in [0.717, 1.165) is 0 Å². The first-order valence-corrected chi connectivity index (χ1v) is 5.49. The van der Waals surface area contributed by atoms with Crippen LogP contribution in [0.25, 0.3) is 0 Å².